The van der Waals surface area contributed by atoms with Crippen LogP contribution in [0, 0.1) is 6.92 Å². The fourth-order valence-electron chi connectivity index (χ4n) is 2.66. The fourth-order valence-corrected chi connectivity index (χ4v) is 3.42. The summed E-state index contributed by atoms with van der Waals surface area (Å²) >= 11 is 1.62. The SMILES string of the molecule is Cc1nc([C@H]2CCCN2C(=O)[C@H](C)c2ccsc2)no1. The molecule has 1 fully saturated rings. The molecule has 0 saturated carbocycles. The number of carbonyl (C=O) groups is 1. The molecule has 0 bridgehead atoms. The van der Waals surface area contributed by atoms with Crippen LogP contribution in [0.2, 0.25) is 0 Å². The summed E-state index contributed by atoms with van der Waals surface area (Å²) in [7, 11) is 0. The van der Waals surface area contributed by atoms with E-state index in [-0.39, 0.29) is 17.9 Å². The van der Waals surface area contributed by atoms with Crippen LogP contribution >= 0.6 is 11.3 Å². The quantitative estimate of drug-likeness (QED) is 0.872. The molecule has 20 heavy (non-hydrogen) atoms. The van der Waals surface area contributed by atoms with Crippen molar-refractivity contribution in [2.24, 2.45) is 0 Å². The van der Waals surface area contributed by atoms with Gasteiger partial charge in [0.15, 0.2) is 5.82 Å². The molecule has 1 amide bonds. The van der Waals surface area contributed by atoms with Crippen LogP contribution in [-0.2, 0) is 4.79 Å². The Hall–Kier alpha value is -1.69. The molecule has 6 heteroatoms. The van der Waals surface area contributed by atoms with Crippen LogP contribution in [0.3, 0.4) is 0 Å². The predicted molar refractivity (Wildman–Crippen MR) is 75.5 cm³/mol. The van der Waals surface area contributed by atoms with Gasteiger partial charge in [-0.25, -0.2) is 0 Å². The van der Waals surface area contributed by atoms with Crippen LogP contribution < -0.4 is 0 Å². The molecule has 2 aromatic heterocycles. The zero-order valence-corrected chi connectivity index (χ0v) is 12.4. The van der Waals surface area contributed by atoms with E-state index in [1.54, 1.807) is 18.3 Å². The molecule has 0 unspecified atom stereocenters. The van der Waals surface area contributed by atoms with Gasteiger partial charge in [0, 0.05) is 13.5 Å². The first kappa shape index (κ1) is 13.3. The number of amides is 1. The standard InChI is InChI=1S/C14H17N3O2S/c1-9(11-5-7-20-8-11)14(18)17-6-3-4-12(17)13-15-10(2)19-16-13/h5,7-9,12H,3-4,6H2,1-2H3/t9-,12-/m1/s1. The third-order valence-corrected chi connectivity index (χ3v) is 4.49. The average Bonchev–Trinajstić information content (AvgIpc) is 3.17. The van der Waals surface area contributed by atoms with Gasteiger partial charge in [0.1, 0.15) is 0 Å². The lowest BCUT2D eigenvalue weighted by Gasteiger charge is -2.25. The van der Waals surface area contributed by atoms with Gasteiger partial charge in [-0.2, -0.15) is 16.3 Å². The fraction of sp³-hybridized carbons (Fsp3) is 0.500. The van der Waals surface area contributed by atoms with Gasteiger partial charge in [-0.3, -0.25) is 4.79 Å². The van der Waals surface area contributed by atoms with Crippen molar-refractivity contribution in [3.8, 4) is 0 Å². The van der Waals surface area contributed by atoms with Crippen molar-refractivity contribution in [3.05, 3.63) is 34.1 Å². The van der Waals surface area contributed by atoms with Crippen molar-refractivity contribution in [1.82, 2.24) is 15.0 Å². The third-order valence-electron chi connectivity index (χ3n) is 3.79. The maximum Gasteiger partial charge on any atom is 0.230 e. The molecule has 5 nitrogen and oxygen atoms in total. The summed E-state index contributed by atoms with van der Waals surface area (Å²) in [6.07, 6.45) is 1.89. The molecule has 1 aliphatic rings. The van der Waals surface area contributed by atoms with E-state index in [1.165, 1.54) is 0 Å². The van der Waals surface area contributed by atoms with Crippen molar-refractivity contribution < 1.29 is 9.32 Å². The molecule has 3 rings (SSSR count). The number of rotatable bonds is 3. The second-order valence-electron chi connectivity index (χ2n) is 5.14. The van der Waals surface area contributed by atoms with Crippen LogP contribution in [0.5, 0.6) is 0 Å². The molecule has 3 heterocycles. The number of aryl methyl sites for hydroxylation is 1. The highest BCUT2D eigenvalue weighted by Gasteiger charge is 2.35. The zero-order chi connectivity index (χ0) is 14.1. The molecule has 0 N–H and O–H groups in total. The van der Waals surface area contributed by atoms with E-state index in [1.807, 2.05) is 28.7 Å². The number of carbonyl (C=O) groups excluding carboxylic acids is 1. The Labute approximate surface area is 121 Å². The van der Waals surface area contributed by atoms with Crippen molar-refractivity contribution in [2.75, 3.05) is 6.54 Å². The molecule has 0 aliphatic carbocycles. The van der Waals surface area contributed by atoms with Gasteiger partial charge >= 0.3 is 0 Å². The summed E-state index contributed by atoms with van der Waals surface area (Å²) in [5.74, 6) is 1.21. The number of hydrogen-bond acceptors (Lipinski definition) is 5. The van der Waals surface area contributed by atoms with E-state index in [0.717, 1.165) is 24.9 Å². The van der Waals surface area contributed by atoms with E-state index in [0.29, 0.717) is 11.7 Å². The van der Waals surface area contributed by atoms with E-state index in [2.05, 4.69) is 10.1 Å². The average molecular weight is 291 g/mol. The van der Waals surface area contributed by atoms with E-state index < -0.39 is 0 Å². The second-order valence-corrected chi connectivity index (χ2v) is 5.92. The molecule has 0 aromatic carbocycles. The molecule has 0 radical (unpaired) electrons. The van der Waals surface area contributed by atoms with E-state index in [4.69, 9.17) is 4.52 Å². The first-order chi connectivity index (χ1) is 9.66. The molecular formula is C14H17N3O2S. The lowest BCUT2D eigenvalue weighted by molar-refractivity contribution is -0.133. The van der Waals surface area contributed by atoms with Crippen LogP contribution in [0.1, 0.15) is 49.0 Å². The first-order valence-electron chi connectivity index (χ1n) is 6.79. The maximum atomic E-state index is 12.7. The molecule has 1 aliphatic heterocycles. The third kappa shape index (κ3) is 2.35. The monoisotopic (exact) mass is 291 g/mol. The van der Waals surface area contributed by atoms with E-state index in [9.17, 15) is 4.79 Å². The van der Waals surface area contributed by atoms with Crippen molar-refractivity contribution in [2.45, 2.75) is 38.6 Å². The Balaban J connectivity index is 1.80. The molecule has 1 saturated heterocycles. The smallest absolute Gasteiger partial charge is 0.230 e. The summed E-state index contributed by atoms with van der Waals surface area (Å²) in [5, 5.41) is 8.01. The molecule has 2 aromatic rings. The summed E-state index contributed by atoms with van der Waals surface area (Å²) in [4.78, 5) is 18.9. The Morgan fingerprint density at radius 2 is 2.45 bits per heavy atom. The van der Waals surface area contributed by atoms with E-state index >= 15 is 0 Å². The number of hydrogen-bond donors (Lipinski definition) is 0. The number of aromatic nitrogens is 2. The first-order valence-corrected chi connectivity index (χ1v) is 7.74. The molecule has 106 valence electrons. The van der Waals surface area contributed by atoms with Crippen LogP contribution in [-0.4, -0.2) is 27.5 Å². The number of nitrogens with zero attached hydrogens (tertiary/aromatic N) is 3. The molecule has 0 spiro atoms. The largest absolute Gasteiger partial charge is 0.340 e. The summed E-state index contributed by atoms with van der Waals surface area (Å²) in [6.45, 7) is 4.50. The van der Waals surface area contributed by atoms with Crippen molar-refractivity contribution in [3.63, 3.8) is 0 Å². The minimum absolute atomic E-state index is 0.0407. The Morgan fingerprint density at radius 3 is 3.10 bits per heavy atom. The minimum atomic E-state index is -0.116. The van der Waals surface area contributed by atoms with Crippen LogP contribution in [0.4, 0.5) is 0 Å². The minimum Gasteiger partial charge on any atom is -0.340 e. The van der Waals surface area contributed by atoms with Gasteiger partial charge in [-0.05, 0) is 42.2 Å². The van der Waals surface area contributed by atoms with Gasteiger partial charge in [0.25, 0.3) is 0 Å². The number of likely N-dealkylation sites (tertiary alicyclic amines) is 1. The van der Waals surface area contributed by atoms with Gasteiger partial charge in [0.05, 0.1) is 12.0 Å². The topological polar surface area (TPSA) is 59.2 Å². The molecular weight excluding hydrogens is 274 g/mol. The highest BCUT2D eigenvalue weighted by Crippen LogP contribution is 2.33. The Morgan fingerprint density at radius 1 is 1.60 bits per heavy atom. The van der Waals surface area contributed by atoms with Gasteiger partial charge in [-0.1, -0.05) is 5.16 Å². The lowest BCUT2D eigenvalue weighted by atomic mass is 10.0. The van der Waals surface area contributed by atoms with Crippen molar-refractivity contribution >= 4 is 17.2 Å². The van der Waals surface area contributed by atoms with Crippen molar-refractivity contribution in [1.29, 1.82) is 0 Å². The predicted octanol–water partition coefficient (Wildman–Crippen LogP) is 2.91. The lowest BCUT2D eigenvalue weighted by Crippen LogP contribution is -2.34. The summed E-state index contributed by atoms with van der Waals surface area (Å²) < 4.78 is 5.04. The Bertz CT molecular complexity index is 593. The highest BCUT2D eigenvalue weighted by atomic mass is 32.1. The van der Waals surface area contributed by atoms with Gasteiger partial charge in [-0.15, -0.1) is 0 Å². The summed E-state index contributed by atoms with van der Waals surface area (Å²) in [5.41, 5.74) is 1.08. The Kier molecular flexibility index (Phi) is 3.56. The zero-order valence-electron chi connectivity index (χ0n) is 11.6. The molecule has 2 atom stereocenters. The summed E-state index contributed by atoms with van der Waals surface area (Å²) in [6, 6.07) is 1.97. The highest BCUT2D eigenvalue weighted by molar-refractivity contribution is 7.08. The van der Waals surface area contributed by atoms with Crippen LogP contribution in [0.15, 0.2) is 21.3 Å². The van der Waals surface area contributed by atoms with Gasteiger partial charge < -0.3 is 9.42 Å². The van der Waals surface area contributed by atoms with Gasteiger partial charge in [0.2, 0.25) is 11.8 Å². The second kappa shape index (κ2) is 5.36. The number of thiophene rings is 1. The normalized spacial score (nSPS) is 20.3. The maximum absolute atomic E-state index is 12.7. The van der Waals surface area contributed by atoms with Crippen LogP contribution in [0.25, 0.3) is 0 Å².